The van der Waals surface area contributed by atoms with E-state index in [9.17, 15) is 4.79 Å². The molecule has 0 spiro atoms. The second-order valence-electron chi connectivity index (χ2n) is 2.82. The normalized spacial score (nSPS) is 12.3. The third-order valence-electron chi connectivity index (χ3n) is 1.67. The highest BCUT2D eigenvalue weighted by Gasteiger charge is 2.19. The van der Waals surface area contributed by atoms with Crippen LogP contribution in [-0.4, -0.2) is 12.6 Å². The van der Waals surface area contributed by atoms with Crippen LogP contribution in [0.2, 0.25) is 10.0 Å². The average Bonchev–Trinajstić information content (AvgIpc) is 2.15. The van der Waals surface area contributed by atoms with Crippen LogP contribution < -0.4 is 0 Å². The van der Waals surface area contributed by atoms with Crippen molar-refractivity contribution >= 4 is 40.8 Å². The lowest BCUT2D eigenvalue weighted by molar-refractivity contribution is -0.142. The Hall–Kier alpha value is -0.440. The van der Waals surface area contributed by atoms with E-state index in [1.807, 2.05) is 0 Å². The van der Waals surface area contributed by atoms with Crippen LogP contribution in [-0.2, 0) is 9.53 Å². The molecule has 15 heavy (non-hydrogen) atoms. The lowest BCUT2D eigenvalue weighted by atomic mass is 10.1. The third-order valence-corrected chi connectivity index (χ3v) is 2.54. The van der Waals surface area contributed by atoms with Gasteiger partial charge in [-0.3, -0.25) is 4.79 Å². The average molecular weight is 268 g/mol. The summed E-state index contributed by atoms with van der Waals surface area (Å²) in [4.78, 5) is 11.3. The van der Waals surface area contributed by atoms with Gasteiger partial charge in [-0.25, -0.2) is 0 Å². The molecule has 0 saturated carbocycles. The number of benzene rings is 1. The Bertz CT molecular complexity index is 345. The van der Waals surface area contributed by atoms with Crippen LogP contribution in [0.15, 0.2) is 18.2 Å². The molecule has 0 amide bonds. The van der Waals surface area contributed by atoms with Gasteiger partial charge < -0.3 is 4.74 Å². The molecule has 0 radical (unpaired) electrons. The van der Waals surface area contributed by atoms with E-state index in [1.54, 1.807) is 25.1 Å². The number of rotatable bonds is 3. The van der Waals surface area contributed by atoms with Crippen LogP contribution in [0.3, 0.4) is 0 Å². The lowest BCUT2D eigenvalue weighted by Crippen LogP contribution is -2.11. The predicted molar refractivity (Wildman–Crippen MR) is 61.7 cm³/mol. The molecule has 5 heteroatoms. The van der Waals surface area contributed by atoms with Crippen molar-refractivity contribution in [3.05, 3.63) is 33.8 Å². The van der Waals surface area contributed by atoms with E-state index in [1.165, 1.54) is 0 Å². The molecule has 0 aliphatic heterocycles. The van der Waals surface area contributed by atoms with Crippen LogP contribution >= 0.6 is 34.8 Å². The van der Waals surface area contributed by atoms with Gasteiger partial charge in [-0.05, 0) is 30.7 Å². The Kier molecular flexibility index (Phi) is 4.71. The number of carbonyl (C=O) groups excluding carboxylic acids is 1. The summed E-state index contributed by atoms with van der Waals surface area (Å²) < 4.78 is 4.78. The molecule has 1 unspecified atom stereocenters. The van der Waals surface area contributed by atoms with E-state index in [-0.39, 0.29) is 6.61 Å². The zero-order chi connectivity index (χ0) is 11.4. The highest BCUT2D eigenvalue weighted by atomic mass is 35.5. The lowest BCUT2D eigenvalue weighted by Gasteiger charge is -2.09. The van der Waals surface area contributed by atoms with Gasteiger partial charge in [-0.15, -0.1) is 11.6 Å². The van der Waals surface area contributed by atoms with Crippen molar-refractivity contribution in [1.82, 2.24) is 0 Å². The van der Waals surface area contributed by atoms with Crippen LogP contribution in [0.4, 0.5) is 0 Å². The zero-order valence-corrected chi connectivity index (χ0v) is 10.2. The van der Waals surface area contributed by atoms with Crippen molar-refractivity contribution in [2.75, 3.05) is 6.61 Å². The fraction of sp³-hybridized carbons (Fsp3) is 0.300. The summed E-state index contributed by atoms with van der Waals surface area (Å²) >= 11 is 17.4. The second-order valence-corrected chi connectivity index (χ2v) is 4.13. The van der Waals surface area contributed by atoms with Gasteiger partial charge in [-0.2, -0.15) is 0 Å². The van der Waals surface area contributed by atoms with Crippen molar-refractivity contribution in [3.8, 4) is 0 Å². The van der Waals surface area contributed by atoms with E-state index < -0.39 is 11.3 Å². The number of esters is 1. The Morgan fingerprint density at radius 3 is 2.33 bits per heavy atom. The molecule has 0 aliphatic carbocycles. The fourth-order valence-electron chi connectivity index (χ4n) is 1.07. The molecule has 0 N–H and O–H groups in total. The Balaban J connectivity index is 2.90. The molecule has 2 nitrogen and oxygen atoms in total. The summed E-state index contributed by atoms with van der Waals surface area (Å²) in [5, 5.41) is 0.000969. The molecule has 0 fully saturated rings. The molecule has 0 aromatic heterocycles. The van der Waals surface area contributed by atoms with Gasteiger partial charge in [-0.1, -0.05) is 23.2 Å². The largest absolute Gasteiger partial charge is 0.465 e. The highest BCUT2D eigenvalue weighted by Crippen LogP contribution is 2.28. The van der Waals surface area contributed by atoms with Crippen LogP contribution in [0.25, 0.3) is 0 Å². The Labute approximate surface area is 103 Å². The first kappa shape index (κ1) is 12.6. The number of alkyl halides is 1. The number of carbonyl (C=O) groups is 1. The van der Waals surface area contributed by atoms with Crippen LogP contribution in [0.5, 0.6) is 0 Å². The van der Waals surface area contributed by atoms with Gasteiger partial charge in [0, 0.05) is 10.0 Å². The van der Waals surface area contributed by atoms with E-state index in [2.05, 4.69) is 0 Å². The molecule has 1 atom stereocenters. The predicted octanol–water partition coefficient (Wildman–Crippen LogP) is 3.84. The SMILES string of the molecule is CCOC(=O)C(Cl)c1cc(Cl)cc(Cl)c1. The molecular formula is C10H9Cl3O2. The summed E-state index contributed by atoms with van der Waals surface area (Å²) in [5.41, 5.74) is 0.535. The minimum absolute atomic E-state index is 0.288. The number of hydrogen-bond donors (Lipinski definition) is 0. The highest BCUT2D eigenvalue weighted by molar-refractivity contribution is 6.35. The first-order valence-electron chi connectivity index (χ1n) is 4.31. The quantitative estimate of drug-likeness (QED) is 0.614. The van der Waals surface area contributed by atoms with Gasteiger partial charge in [0.25, 0.3) is 0 Å². The van der Waals surface area contributed by atoms with E-state index >= 15 is 0 Å². The maximum atomic E-state index is 11.3. The van der Waals surface area contributed by atoms with E-state index in [0.29, 0.717) is 15.6 Å². The Morgan fingerprint density at radius 1 is 1.33 bits per heavy atom. The standard InChI is InChI=1S/C10H9Cl3O2/c1-2-15-10(14)9(13)6-3-7(11)5-8(12)4-6/h3-5,9H,2H2,1H3. The zero-order valence-electron chi connectivity index (χ0n) is 7.97. The summed E-state index contributed by atoms with van der Waals surface area (Å²) in [6.07, 6.45) is 0. The van der Waals surface area contributed by atoms with E-state index in [4.69, 9.17) is 39.5 Å². The molecule has 82 valence electrons. The summed E-state index contributed by atoms with van der Waals surface area (Å²) in [5.74, 6) is -0.502. The van der Waals surface area contributed by atoms with Crippen LogP contribution in [0.1, 0.15) is 17.9 Å². The molecule has 1 aromatic carbocycles. The fourth-order valence-corrected chi connectivity index (χ4v) is 1.80. The summed E-state index contributed by atoms with van der Waals surface area (Å²) in [6, 6.07) is 4.74. The molecule has 0 saturated heterocycles. The van der Waals surface area contributed by atoms with Gasteiger partial charge in [0.1, 0.15) is 0 Å². The third kappa shape index (κ3) is 3.56. The maximum Gasteiger partial charge on any atom is 0.328 e. The number of ether oxygens (including phenoxy) is 1. The number of hydrogen-bond acceptors (Lipinski definition) is 2. The molecular weight excluding hydrogens is 258 g/mol. The second kappa shape index (κ2) is 5.59. The minimum Gasteiger partial charge on any atom is -0.465 e. The molecule has 0 aliphatic rings. The van der Waals surface area contributed by atoms with Crippen molar-refractivity contribution in [2.45, 2.75) is 12.3 Å². The van der Waals surface area contributed by atoms with Crippen molar-refractivity contribution in [2.24, 2.45) is 0 Å². The molecule has 0 heterocycles. The van der Waals surface area contributed by atoms with Gasteiger partial charge >= 0.3 is 5.97 Å². The van der Waals surface area contributed by atoms with Crippen LogP contribution in [0, 0.1) is 0 Å². The van der Waals surface area contributed by atoms with Gasteiger partial charge in [0.15, 0.2) is 5.38 Å². The van der Waals surface area contributed by atoms with Gasteiger partial charge in [0.2, 0.25) is 0 Å². The smallest absolute Gasteiger partial charge is 0.328 e. The number of halogens is 3. The first-order chi connectivity index (χ1) is 7.04. The molecule has 1 rings (SSSR count). The Morgan fingerprint density at radius 2 is 1.87 bits per heavy atom. The van der Waals surface area contributed by atoms with Crippen molar-refractivity contribution in [3.63, 3.8) is 0 Å². The van der Waals surface area contributed by atoms with E-state index in [0.717, 1.165) is 0 Å². The topological polar surface area (TPSA) is 26.3 Å². The summed E-state index contributed by atoms with van der Waals surface area (Å²) in [6.45, 7) is 2.00. The monoisotopic (exact) mass is 266 g/mol. The van der Waals surface area contributed by atoms with Crippen molar-refractivity contribution < 1.29 is 9.53 Å². The van der Waals surface area contributed by atoms with Crippen molar-refractivity contribution in [1.29, 1.82) is 0 Å². The summed E-state index contributed by atoms with van der Waals surface area (Å²) in [7, 11) is 0. The first-order valence-corrected chi connectivity index (χ1v) is 5.50. The molecule has 0 bridgehead atoms. The maximum absolute atomic E-state index is 11.3. The van der Waals surface area contributed by atoms with Gasteiger partial charge in [0.05, 0.1) is 6.61 Å². The molecule has 1 aromatic rings. The minimum atomic E-state index is -0.874.